The maximum absolute atomic E-state index is 9.69. The van der Waals surface area contributed by atoms with E-state index in [0.717, 1.165) is 13.1 Å². The molecule has 2 rings (SSSR count). The van der Waals surface area contributed by atoms with Gasteiger partial charge in [0.15, 0.2) is 5.82 Å². The van der Waals surface area contributed by atoms with Crippen LogP contribution in [0.15, 0.2) is 6.20 Å². The van der Waals surface area contributed by atoms with Crippen molar-refractivity contribution in [1.29, 1.82) is 0 Å². The highest BCUT2D eigenvalue weighted by molar-refractivity contribution is 6.32. The van der Waals surface area contributed by atoms with Crippen LogP contribution in [0.3, 0.4) is 0 Å². The fourth-order valence-electron chi connectivity index (χ4n) is 1.98. The molecule has 1 aliphatic rings. The van der Waals surface area contributed by atoms with Gasteiger partial charge in [-0.15, -0.1) is 0 Å². The summed E-state index contributed by atoms with van der Waals surface area (Å²) in [6.45, 7) is 3.46. The van der Waals surface area contributed by atoms with Gasteiger partial charge in [0.1, 0.15) is 5.02 Å². The Kier molecular flexibility index (Phi) is 3.66. The van der Waals surface area contributed by atoms with Crippen LogP contribution in [0.2, 0.25) is 5.02 Å². The van der Waals surface area contributed by atoms with E-state index in [-0.39, 0.29) is 12.0 Å². The largest absolute Gasteiger partial charge is 0.393 e. The van der Waals surface area contributed by atoms with Crippen molar-refractivity contribution in [3.05, 3.63) is 11.2 Å². The lowest BCUT2D eigenvalue weighted by Gasteiger charge is -2.35. The van der Waals surface area contributed by atoms with Gasteiger partial charge >= 0.3 is 0 Å². The van der Waals surface area contributed by atoms with Crippen LogP contribution < -0.4 is 16.2 Å². The number of halogens is 1. The van der Waals surface area contributed by atoms with Crippen molar-refractivity contribution in [2.45, 2.75) is 19.4 Å². The number of hydrogen-bond donors (Lipinski definition) is 3. The third kappa shape index (κ3) is 2.59. The topological polar surface area (TPSA) is 87.3 Å². The molecule has 1 aliphatic heterocycles. The SMILES string of the molecule is CC1CN(c2nc(NN)ncc2Cl)CCC1O. The quantitative estimate of drug-likeness (QED) is 0.532. The van der Waals surface area contributed by atoms with Crippen LogP contribution in [0, 0.1) is 5.92 Å². The predicted molar refractivity (Wildman–Crippen MR) is 66.9 cm³/mol. The first kappa shape index (κ1) is 12.3. The number of aliphatic hydroxyl groups excluding tert-OH is 1. The average molecular weight is 258 g/mol. The van der Waals surface area contributed by atoms with Crippen LogP contribution in [-0.4, -0.2) is 34.3 Å². The van der Waals surface area contributed by atoms with Gasteiger partial charge in [0.05, 0.1) is 12.3 Å². The second-order valence-corrected chi connectivity index (χ2v) is 4.70. The van der Waals surface area contributed by atoms with Gasteiger partial charge < -0.3 is 10.0 Å². The Morgan fingerprint density at radius 2 is 2.41 bits per heavy atom. The van der Waals surface area contributed by atoms with E-state index in [4.69, 9.17) is 17.4 Å². The van der Waals surface area contributed by atoms with E-state index in [0.29, 0.717) is 23.2 Å². The lowest BCUT2D eigenvalue weighted by Crippen LogP contribution is -2.42. The summed E-state index contributed by atoms with van der Waals surface area (Å²) in [5.74, 6) is 6.47. The van der Waals surface area contributed by atoms with Crippen molar-refractivity contribution in [2.75, 3.05) is 23.4 Å². The Morgan fingerprint density at radius 1 is 1.65 bits per heavy atom. The molecule has 0 bridgehead atoms. The van der Waals surface area contributed by atoms with Crippen molar-refractivity contribution in [1.82, 2.24) is 9.97 Å². The van der Waals surface area contributed by atoms with E-state index < -0.39 is 0 Å². The molecule has 2 atom stereocenters. The molecule has 0 aromatic carbocycles. The fraction of sp³-hybridized carbons (Fsp3) is 0.600. The van der Waals surface area contributed by atoms with Crippen molar-refractivity contribution < 1.29 is 5.11 Å². The molecular weight excluding hydrogens is 242 g/mol. The second kappa shape index (κ2) is 5.03. The van der Waals surface area contributed by atoms with E-state index in [2.05, 4.69) is 15.4 Å². The number of hydrogen-bond acceptors (Lipinski definition) is 6. The van der Waals surface area contributed by atoms with E-state index in [1.807, 2.05) is 11.8 Å². The first-order valence-corrected chi connectivity index (χ1v) is 5.91. The minimum atomic E-state index is -0.251. The molecule has 94 valence electrons. The molecule has 0 amide bonds. The maximum atomic E-state index is 9.69. The number of piperidine rings is 1. The third-order valence-electron chi connectivity index (χ3n) is 3.01. The fourth-order valence-corrected chi connectivity index (χ4v) is 2.19. The zero-order chi connectivity index (χ0) is 12.4. The Hall–Kier alpha value is -1.11. The number of nitrogens with one attached hydrogen (secondary N) is 1. The number of aromatic nitrogens is 2. The van der Waals surface area contributed by atoms with Gasteiger partial charge in [-0.05, 0) is 12.3 Å². The summed E-state index contributed by atoms with van der Waals surface area (Å²) in [7, 11) is 0. The highest BCUT2D eigenvalue weighted by atomic mass is 35.5. The third-order valence-corrected chi connectivity index (χ3v) is 3.28. The molecule has 0 saturated carbocycles. The molecule has 7 heteroatoms. The summed E-state index contributed by atoms with van der Waals surface area (Å²) >= 11 is 6.07. The highest BCUT2D eigenvalue weighted by Crippen LogP contribution is 2.28. The molecule has 0 radical (unpaired) electrons. The molecule has 2 unspecified atom stereocenters. The molecule has 1 aromatic heterocycles. The zero-order valence-corrected chi connectivity index (χ0v) is 10.4. The van der Waals surface area contributed by atoms with Crippen molar-refractivity contribution in [3.8, 4) is 0 Å². The number of nitrogen functional groups attached to an aromatic ring is 1. The maximum Gasteiger partial charge on any atom is 0.239 e. The van der Waals surface area contributed by atoms with Crippen molar-refractivity contribution in [2.24, 2.45) is 11.8 Å². The minimum Gasteiger partial charge on any atom is -0.393 e. The van der Waals surface area contributed by atoms with E-state index >= 15 is 0 Å². The van der Waals surface area contributed by atoms with Gasteiger partial charge in [-0.1, -0.05) is 18.5 Å². The monoisotopic (exact) mass is 257 g/mol. The summed E-state index contributed by atoms with van der Waals surface area (Å²) in [6.07, 6.45) is 1.99. The first-order valence-electron chi connectivity index (χ1n) is 5.54. The molecule has 1 fully saturated rings. The van der Waals surface area contributed by atoms with Crippen molar-refractivity contribution in [3.63, 3.8) is 0 Å². The standard InChI is InChI=1S/C10H16ClN5O/c1-6-5-16(3-2-8(6)17)9-7(11)4-13-10(14-9)15-12/h4,6,8,17H,2-3,5,12H2,1H3,(H,13,14,15). The Balaban J connectivity index is 2.21. The molecule has 2 heterocycles. The molecule has 4 N–H and O–H groups in total. The first-order chi connectivity index (χ1) is 8.11. The van der Waals surface area contributed by atoms with Gasteiger partial charge in [-0.25, -0.2) is 10.8 Å². The average Bonchev–Trinajstić information content (AvgIpc) is 2.33. The number of nitrogens with two attached hydrogens (primary N) is 1. The molecule has 6 nitrogen and oxygen atoms in total. The van der Waals surface area contributed by atoms with E-state index in [1.54, 1.807) is 0 Å². The summed E-state index contributed by atoms with van der Waals surface area (Å²) in [5.41, 5.74) is 2.40. The molecule has 0 aliphatic carbocycles. The highest BCUT2D eigenvalue weighted by Gasteiger charge is 2.26. The van der Waals surface area contributed by atoms with Gasteiger partial charge in [-0.2, -0.15) is 4.98 Å². The van der Waals surface area contributed by atoms with Gasteiger partial charge in [0.25, 0.3) is 0 Å². The normalized spacial score (nSPS) is 24.8. The summed E-state index contributed by atoms with van der Waals surface area (Å²) in [6, 6.07) is 0. The van der Waals surface area contributed by atoms with Gasteiger partial charge in [-0.3, -0.25) is 5.43 Å². The number of hydrazine groups is 1. The van der Waals surface area contributed by atoms with Crippen LogP contribution in [0.25, 0.3) is 0 Å². The van der Waals surface area contributed by atoms with Crippen LogP contribution in [0.4, 0.5) is 11.8 Å². The number of aliphatic hydroxyl groups is 1. The van der Waals surface area contributed by atoms with Crippen LogP contribution >= 0.6 is 11.6 Å². The predicted octanol–water partition coefficient (Wildman–Crippen LogP) is 0.623. The summed E-state index contributed by atoms with van der Waals surface area (Å²) in [4.78, 5) is 10.2. The van der Waals surface area contributed by atoms with Gasteiger partial charge in [0, 0.05) is 13.1 Å². The molecular formula is C10H16ClN5O. The Bertz CT molecular complexity index is 402. The summed E-state index contributed by atoms with van der Waals surface area (Å²) in [5, 5.41) is 10.2. The van der Waals surface area contributed by atoms with Gasteiger partial charge in [0.2, 0.25) is 5.95 Å². The molecule has 1 aromatic rings. The lowest BCUT2D eigenvalue weighted by molar-refractivity contribution is 0.0969. The molecule has 0 spiro atoms. The molecule has 1 saturated heterocycles. The summed E-state index contributed by atoms with van der Waals surface area (Å²) < 4.78 is 0. The number of rotatable bonds is 2. The van der Waals surface area contributed by atoms with Crippen LogP contribution in [-0.2, 0) is 0 Å². The van der Waals surface area contributed by atoms with E-state index in [9.17, 15) is 5.11 Å². The minimum absolute atomic E-state index is 0.198. The second-order valence-electron chi connectivity index (χ2n) is 4.29. The molecule has 17 heavy (non-hydrogen) atoms. The van der Waals surface area contributed by atoms with Crippen molar-refractivity contribution >= 4 is 23.4 Å². The van der Waals surface area contributed by atoms with Crippen LogP contribution in [0.5, 0.6) is 0 Å². The van der Waals surface area contributed by atoms with Crippen LogP contribution in [0.1, 0.15) is 13.3 Å². The van der Waals surface area contributed by atoms with E-state index in [1.165, 1.54) is 6.20 Å². The Labute approximate surface area is 105 Å². The zero-order valence-electron chi connectivity index (χ0n) is 9.60. The number of anilines is 2. The smallest absolute Gasteiger partial charge is 0.239 e. The Morgan fingerprint density at radius 3 is 3.06 bits per heavy atom. The lowest BCUT2D eigenvalue weighted by atomic mass is 9.97. The number of nitrogens with zero attached hydrogens (tertiary/aromatic N) is 3.